The van der Waals surface area contributed by atoms with E-state index in [0.29, 0.717) is 27.6 Å². The molecule has 0 saturated carbocycles. The largest absolute Gasteiger partial charge is 0.481 e. The van der Waals surface area contributed by atoms with Crippen LogP contribution in [0.5, 0.6) is 11.5 Å². The lowest BCUT2D eigenvalue weighted by atomic mass is 10.1. The van der Waals surface area contributed by atoms with E-state index < -0.39 is 12.1 Å². The Morgan fingerprint density at radius 2 is 1.50 bits per heavy atom. The number of rotatable bonds is 8. The van der Waals surface area contributed by atoms with Gasteiger partial charge in [-0.1, -0.05) is 60.1 Å². The van der Waals surface area contributed by atoms with E-state index in [2.05, 4.69) is 10.5 Å². The van der Waals surface area contributed by atoms with Crippen molar-refractivity contribution in [3.8, 4) is 22.6 Å². The van der Waals surface area contributed by atoms with E-state index in [1.165, 1.54) is 12.3 Å². The van der Waals surface area contributed by atoms with Crippen LogP contribution in [0.2, 0.25) is 5.02 Å². The maximum atomic E-state index is 12.3. The van der Waals surface area contributed by atoms with Gasteiger partial charge in [0.1, 0.15) is 11.5 Å². The number of hydrazone groups is 1. The third kappa shape index (κ3) is 6.81. The smallest absolute Gasteiger partial charge is 0.343 e. The second-order valence-electron chi connectivity index (χ2n) is 7.85. The molecule has 1 N–H and O–H groups in total. The molecule has 4 aromatic rings. The molecule has 0 radical (unpaired) electrons. The zero-order valence-corrected chi connectivity index (χ0v) is 20.2. The summed E-state index contributed by atoms with van der Waals surface area (Å²) in [6.07, 6.45) is 0.750. The monoisotopic (exact) mass is 498 g/mol. The molecule has 0 bridgehead atoms. The summed E-state index contributed by atoms with van der Waals surface area (Å²) in [6.45, 7) is 1.65. The number of carbonyl (C=O) groups is 2. The second kappa shape index (κ2) is 11.8. The summed E-state index contributed by atoms with van der Waals surface area (Å²) in [7, 11) is 0. The third-order valence-corrected chi connectivity index (χ3v) is 5.42. The molecule has 0 aliphatic rings. The highest BCUT2D eigenvalue weighted by molar-refractivity contribution is 6.30. The number of ether oxygens (including phenoxy) is 2. The molecule has 0 aliphatic carbocycles. The molecule has 4 aromatic carbocycles. The van der Waals surface area contributed by atoms with Crippen molar-refractivity contribution in [1.82, 2.24) is 5.43 Å². The van der Waals surface area contributed by atoms with Gasteiger partial charge in [0, 0.05) is 5.02 Å². The van der Waals surface area contributed by atoms with Crippen LogP contribution >= 0.6 is 11.6 Å². The SMILES string of the molecule is CC(Oc1ccc(-c2ccccc2)cc1)C(=O)N/N=C/c1ccc(OC(=O)c2cccc(Cl)c2)cc1. The van der Waals surface area contributed by atoms with Crippen molar-refractivity contribution < 1.29 is 19.1 Å². The Balaban J connectivity index is 1.26. The minimum atomic E-state index is -0.738. The number of esters is 1. The minimum absolute atomic E-state index is 0.360. The summed E-state index contributed by atoms with van der Waals surface area (Å²) in [6, 6.07) is 30.8. The van der Waals surface area contributed by atoms with Gasteiger partial charge in [0.05, 0.1) is 11.8 Å². The number of amides is 1. The fraction of sp³-hybridized carbons (Fsp3) is 0.0690. The van der Waals surface area contributed by atoms with Crippen molar-refractivity contribution in [2.75, 3.05) is 0 Å². The Labute approximate surface area is 214 Å². The Morgan fingerprint density at radius 1 is 0.833 bits per heavy atom. The van der Waals surface area contributed by atoms with Gasteiger partial charge in [0.2, 0.25) is 0 Å². The summed E-state index contributed by atoms with van der Waals surface area (Å²) >= 11 is 5.91. The Kier molecular flexibility index (Phi) is 8.11. The van der Waals surface area contributed by atoms with Gasteiger partial charge in [-0.3, -0.25) is 4.79 Å². The van der Waals surface area contributed by atoms with Crippen LogP contribution in [0.4, 0.5) is 0 Å². The van der Waals surface area contributed by atoms with Crippen LogP contribution < -0.4 is 14.9 Å². The number of carbonyl (C=O) groups excluding carboxylic acids is 2. The van der Waals surface area contributed by atoms with Gasteiger partial charge in [0.25, 0.3) is 5.91 Å². The van der Waals surface area contributed by atoms with E-state index in [1.54, 1.807) is 49.4 Å². The molecule has 180 valence electrons. The van der Waals surface area contributed by atoms with Crippen molar-refractivity contribution in [3.63, 3.8) is 0 Å². The van der Waals surface area contributed by atoms with Crippen molar-refractivity contribution in [1.29, 1.82) is 0 Å². The van der Waals surface area contributed by atoms with E-state index in [-0.39, 0.29) is 5.91 Å². The number of nitrogens with one attached hydrogen (secondary N) is 1. The van der Waals surface area contributed by atoms with E-state index in [4.69, 9.17) is 21.1 Å². The lowest BCUT2D eigenvalue weighted by Gasteiger charge is -2.13. The molecule has 7 heteroatoms. The maximum absolute atomic E-state index is 12.3. The van der Waals surface area contributed by atoms with Gasteiger partial charge in [-0.2, -0.15) is 5.10 Å². The maximum Gasteiger partial charge on any atom is 0.343 e. The molecule has 0 fully saturated rings. The minimum Gasteiger partial charge on any atom is -0.481 e. The van der Waals surface area contributed by atoms with Crippen LogP contribution in [-0.4, -0.2) is 24.2 Å². The summed E-state index contributed by atoms with van der Waals surface area (Å²) in [4.78, 5) is 24.6. The first kappa shape index (κ1) is 24.7. The van der Waals surface area contributed by atoms with Crippen LogP contribution in [0.1, 0.15) is 22.8 Å². The molecule has 1 amide bonds. The van der Waals surface area contributed by atoms with Gasteiger partial charge in [-0.25, -0.2) is 10.2 Å². The van der Waals surface area contributed by atoms with Crippen molar-refractivity contribution >= 4 is 29.7 Å². The van der Waals surface area contributed by atoms with Crippen LogP contribution in [0, 0.1) is 0 Å². The van der Waals surface area contributed by atoms with Gasteiger partial charge in [-0.15, -0.1) is 0 Å². The van der Waals surface area contributed by atoms with Gasteiger partial charge < -0.3 is 9.47 Å². The Bertz CT molecular complexity index is 1350. The van der Waals surface area contributed by atoms with E-state index in [9.17, 15) is 9.59 Å². The molecule has 0 spiro atoms. The van der Waals surface area contributed by atoms with Crippen LogP contribution in [0.15, 0.2) is 108 Å². The van der Waals surface area contributed by atoms with Crippen LogP contribution in [0.3, 0.4) is 0 Å². The average Bonchev–Trinajstić information content (AvgIpc) is 2.90. The zero-order chi connectivity index (χ0) is 25.3. The summed E-state index contributed by atoms with van der Waals surface area (Å²) in [5.41, 5.74) is 5.71. The number of halogens is 1. The van der Waals surface area contributed by atoms with Crippen LogP contribution in [0.25, 0.3) is 11.1 Å². The lowest BCUT2D eigenvalue weighted by Crippen LogP contribution is -2.33. The third-order valence-electron chi connectivity index (χ3n) is 5.18. The number of nitrogens with zero attached hydrogens (tertiary/aromatic N) is 1. The fourth-order valence-electron chi connectivity index (χ4n) is 3.28. The number of hydrogen-bond donors (Lipinski definition) is 1. The van der Waals surface area contributed by atoms with Gasteiger partial charge >= 0.3 is 5.97 Å². The fourth-order valence-corrected chi connectivity index (χ4v) is 3.47. The first-order chi connectivity index (χ1) is 17.5. The Hall–Kier alpha value is -4.42. The number of benzene rings is 4. The van der Waals surface area contributed by atoms with E-state index in [0.717, 1.165) is 11.1 Å². The molecular formula is C29H23ClN2O4. The van der Waals surface area contributed by atoms with E-state index >= 15 is 0 Å². The first-order valence-corrected chi connectivity index (χ1v) is 11.6. The molecular weight excluding hydrogens is 476 g/mol. The predicted molar refractivity (Wildman–Crippen MR) is 141 cm³/mol. The van der Waals surface area contributed by atoms with Crippen molar-refractivity contribution in [2.24, 2.45) is 5.10 Å². The predicted octanol–water partition coefficient (Wildman–Crippen LogP) is 6.14. The zero-order valence-electron chi connectivity index (χ0n) is 19.4. The molecule has 0 heterocycles. The first-order valence-electron chi connectivity index (χ1n) is 11.2. The normalized spacial score (nSPS) is 11.6. The molecule has 0 aromatic heterocycles. The average molecular weight is 499 g/mol. The molecule has 1 atom stereocenters. The molecule has 0 saturated heterocycles. The highest BCUT2D eigenvalue weighted by Crippen LogP contribution is 2.22. The molecule has 6 nitrogen and oxygen atoms in total. The Morgan fingerprint density at radius 3 is 2.19 bits per heavy atom. The summed E-state index contributed by atoms with van der Waals surface area (Å²) in [5.74, 6) is 0.0750. The van der Waals surface area contributed by atoms with E-state index in [1.807, 2.05) is 54.6 Å². The standard InChI is InChI=1S/C29H23ClN2O4/c1-20(35-26-16-12-23(13-17-26)22-6-3-2-4-7-22)28(33)32-31-19-21-10-14-27(15-11-21)36-29(34)24-8-5-9-25(30)18-24/h2-20H,1H3,(H,32,33)/b31-19+. The lowest BCUT2D eigenvalue weighted by molar-refractivity contribution is -0.127. The topological polar surface area (TPSA) is 77.0 Å². The van der Waals surface area contributed by atoms with Crippen LogP contribution in [-0.2, 0) is 4.79 Å². The molecule has 0 aliphatic heterocycles. The van der Waals surface area contributed by atoms with Gasteiger partial charge in [0.15, 0.2) is 6.10 Å². The highest BCUT2D eigenvalue weighted by atomic mass is 35.5. The molecule has 4 rings (SSSR count). The highest BCUT2D eigenvalue weighted by Gasteiger charge is 2.14. The summed E-state index contributed by atoms with van der Waals surface area (Å²) in [5, 5.41) is 4.44. The second-order valence-corrected chi connectivity index (χ2v) is 8.29. The quantitative estimate of drug-likeness (QED) is 0.137. The van der Waals surface area contributed by atoms with Gasteiger partial charge in [-0.05, 0) is 78.2 Å². The van der Waals surface area contributed by atoms with Crippen molar-refractivity contribution in [3.05, 3.63) is 119 Å². The van der Waals surface area contributed by atoms with Crippen molar-refractivity contribution in [2.45, 2.75) is 13.0 Å². The molecule has 36 heavy (non-hydrogen) atoms. The molecule has 1 unspecified atom stereocenters. The number of hydrogen-bond acceptors (Lipinski definition) is 5. The summed E-state index contributed by atoms with van der Waals surface area (Å²) < 4.78 is 11.1.